The first-order valence-electron chi connectivity index (χ1n) is 9.19. The van der Waals surface area contributed by atoms with Crippen molar-refractivity contribution in [2.75, 3.05) is 24.4 Å². The van der Waals surface area contributed by atoms with E-state index in [4.69, 9.17) is 15.2 Å². The number of benzene rings is 2. The summed E-state index contributed by atoms with van der Waals surface area (Å²) in [7, 11) is 1.47. The molecule has 0 heterocycles. The highest BCUT2D eigenvalue weighted by Gasteiger charge is 2.39. The molecule has 0 bridgehead atoms. The molecule has 8 heteroatoms. The summed E-state index contributed by atoms with van der Waals surface area (Å²) in [4.78, 5) is 35.4. The lowest BCUT2D eigenvalue weighted by Crippen LogP contribution is -2.20. The van der Waals surface area contributed by atoms with Crippen molar-refractivity contribution < 1.29 is 23.9 Å². The van der Waals surface area contributed by atoms with E-state index in [0.717, 1.165) is 6.42 Å². The Kier molecular flexibility index (Phi) is 6.01. The second kappa shape index (κ2) is 8.64. The molecule has 0 radical (unpaired) electrons. The third kappa shape index (κ3) is 5.25. The Morgan fingerprint density at radius 2 is 1.69 bits per heavy atom. The Bertz CT molecular complexity index is 926. The highest BCUT2D eigenvalue weighted by atomic mass is 16.5. The van der Waals surface area contributed by atoms with E-state index in [9.17, 15) is 14.4 Å². The molecule has 1 aliphatic carbocycles. The van der Waals surface area contributed by atoms with Crippen LogP contribution in [0.1, 0.15) is 23.7 Å². The first kappa shape index (κ1) is 20.2. The van der Waals surface area contributed by atoms with Crippen molar-refractivity contribution in [3.8, 4) is 11.5 Å². The number of carbonyl (C=O) groups excluding carboxylic acids is 3. The Morgan fingerprint density at radius 3 is 2.28 bits per heavy atom. The Hall–Kier alpha value is -3.55. The smallest absolute Gasteiger partial charge is 0.255 e. The van der Waals surface area contributed by atoms with Gasteiger partial charge in [-0.2, -0.15) is 0 Å². The maximum Gasteiger partial charge on any atom is 0.255 e. The number of anilines is 2. The second-order valence-corrected chi connectivity index (χ2v) is 6.96. The summed E-state index contributed by atoms with van der Waals surface area (Å²) in [6.45, 7) is 1.74. The highest BCUT2D eigenvalue weighted by molar-refractivity contribution is 6.05. The number of carbonyl (C=O) groups is 3. The van der Waals surface area contributed by atoms with Crippen LogP contribution in [0.15, 0.2) is 42.5 Å². The largest absolute Gasteiger partial charge is 0.493 e. The fourth-order valence-corrected chi connectivity index (χ4v) is 2.85. The molecule has 3 amide bonds. The summed E-state index contributed by atoms with van der Waals surface area (Å²) in [5.41, 5.74) is 6.64. The van der Waals surface area contributed by atoms with Crippen LogP contribution in [0.5, 0.6) is 11.5 Å². The van der Waals surface area contributed by atoms with Crippen molar-refractivity contribution >= 4 is 29.1 Å². The van der Waals surface area contributed by atoms with Crippen LogP contribution in [0.2, 0.25) is 0 Å². The highest BCUT2D eigenvalue weighted by Crippen LogP contribution is 2.38. The standard InChI is InChI=1S/C21H23N3O5/c1-12-9-16(12)21(27)23-14-5-3-13(4-6-14)20(26)24-15-7-8-17(28-2)18(10-15)29-11-19(22)25/h3-8,10,12,16H,9,11H2,1-2H3,(H2,22,25)(H,23,27)(H,24,26). The van der Waals surface area contributed by atoms with Crippen LogP contribution < -0.4 is 25.8 Å². The Balaban J connectivity index is 1.64. The van der Waals surface area contributed by atoms with E-state index in [1.54, 1.807) is 42.5 Å². The van der Waals surface area contributed by atoms with E-state index in [0.29, 0.717) is 28.6 Å². The lowest BCUT2D eigenvalue weighted by Gasteiger charge is -2.12. The van der Waals surface area contributed by atoms with Gasteiger partial charge in [-0.3, -0.25) is 14.4 Å². The molecule has 2 aromatic rings. The van der Waals surface area contributed by atoms with Crippen LogP contribution in [0.4, 0.5) is 11.4 Å². The molecular weight excluding hydrogens is 374 g/mol. The van der Waals surface area contributed by atoms with E-state index >= 15 is 0 Å². The molecule has 4 N–H and O–H groups in total. The number of hydrogen-bond donors (Lipinski definition) is 3. The number of hydrogen-bond acceptors (Lipinski definition) is 5. The molecule has 2 atom stereocenters. The number of nitrogens with one attached hydrogen (secondary N) is 2. The van der Waals surface area contributed by atoms with Crippen molar-refractivity contribution in [2.45, 2.75) is 13.3 Å². The van der Waals surface area contributed by atoms with E-state index in [2.05, 4.69) is 10.6 Å². The van der Waals surface area contributed by atoms with Gasteiger partial charge in [-0.25, -0.2) is 0 Å². The van der Waals surface area contributed by atoms with Gasteiger partial charge in [-0.15, -0.1) is 0 Å². The SMILES string of the molecule is COc1ccc(NC(=O)c2ccc(NC(=O)C3CC3C)cc2)cc1OCC(N)=O. The maximum absolute atomic E-state index is 12.5. The van der Waals surface area contributed by atoms with E-state index in [1.807, 2.05) is 6.92 Å². The molecule has 0 aromatic heterocycles. The van der Waals surface area contributed by atoms with Gasteiger partial charge < -0.3 is 25.8 Å². The lowest BCUT2D eigenvalue weighted by atomic mass is 10.1. The van der Waals surface area contributed by atoms with Crippen LogP contribution >= 0.6 is 0 Å². The normalized spacial score (nSPS) is 17.2. The van der Waals surface area contributed by atoms with Gasteiger partial charge in [-0.1, -0.05) is 6.92 Å². The van der Waals surface area contributed by atoms with Crippen molar-refractivity contribution in [2.24, 2.45) is 17.6 Å². The minimum Gasteiger partial charge on any atom is -0.493 e. The predicted molar refractivity (Wildman–Crippen MR) is 108 cm³/mol. The number of methoxy groups -OCH3 is 1. The van der Waals surface area contributed by atoms with Crippen LogP contribution in [0.25, 0.3) is 0 Å². The van der Waals surface area contributed by atoms with Gasteiger partial charge in [0.05, 0.1) is 7.11 Å². The summed E-state index contributed by atoms with van der Waals surface area (Å²) < 4.78 is 10.5. The second-order valence-electron chi connectivity index (χ2n) is 6.96. The fraction of sp³-hybridized carbons (Fsp3) is 0.286. The molecule has 8 nitrogen and oxygen atoms in total. The molecule has 1 fully saturated rings. The average molecular weight is 397 g/mol. The van der Waals surface area contributed by atoms with Gasteiger partial charge in [-0.05, 0) is 48.7 Å². The predicted octanol–water partition coefficient (Wildman–Crippen LogP) is 2.41. The molecule has 29 heavy (non-hydrogen) atoms. The molecule has 2 aromatic carbocycles. The van der Waals surface area contributed by atoms with Crippen LogP contribution in [0, 0.1) is 11.8 Å². The van der Waals surface area contributed by atoms with Gasteiger partial charge in [0.2, 0.25) is 5.91 Å². The van der Waals surface area contributed by atoms with Crippen LogP contribution in [-0.2, 0) is 9.59 Å². The molecule has 2 unspecified atom stereocenters. The average Bonchev–Trinajstić information content (AvgIpc) is 3.44. The number of ether oxygens (including phenoxy) is 2. The molecule has 1 aliphatic rings. The monoisotopic (exact) mass is 397 g/mol. The molecule has 152 valence electrons. The fourth-order valence-electron chi connectivity index (χ4n) is 2.85. The zero-order chi connectivity index (χ0) is 21.0. The summed E-state index contributed by atoms with van der Waals surface area (Å²) in [5, 5.41) is 5.61. The molecule has 0 aliphatic heterocycles. The van der Waals surface area contributed by atoms with Crippen molar-refractivity contribution in [1.29, 1.82) is 0 Å². The number of primary amides is 1. The molecule has 0 spiro atoms. The van der Waals surface area contributed by atoms with Gasteiger partial charge >= 0.3 is 0 Å². The summed E-state index contributed by atoms with van der Waals surface area (Å²) >= 11 is 0. The van der Waals surface area contributed by atoms with Gasteiger partial charge in [0.25, 0.3) is 11.8 Å². The van der Waals surface area contributed by atoms with Crippen molar-refractivity contribution in [3.63, 3.8) is 0 Å². The third-order valence-electron chi connectivity index (χ3n) is 4.65. The van der Waals surface area contributed by atoms with Crippen LogP contribution in [0.3, 0.4) is 0 Å². The quantitative estimate of drug-likeness (QED) is 0.632. The molecule has 3 rings (SSSR count). The van der Waals surface area contributed by atoms with Gasteiger partial charge in [0.1, 0.15) is 0 Å². The van der Waals surface area contributed by atoms with Gasteiger partial charge in [0.15, 0.2) is 18.1 Å². The lowest BCUT2D eigenvalue weighted by molar-refractivity contribution is -0.120. The summed E-state index contributed by atoms with van der Waals surface area (Å²) in [6.07, 6.45) is 0.916. The minimum atomic E-state index is -0.621. The first-order chi connectivity index (χ1) is 13.9. The van der Waals surface area contributed by atoms with Crippen molar-refractivity contribution in [1.82, 2.24) is 0 Å². The maximum atomic E-state index is 12.5. The summed E-state index contributed by atoms with van der Waals surface area (Å²) in [5.74, 6) is 0.275. The molecular formula is C21H23N3O5. The topological polar surface area (TPSA) is 120 Å². The van der Waals surface area contributed by atoms with Crippen LogP contribution in [-0.4, -0.2) is 31.4 Å². The number of rotatable bonds is 8. The molecule has 1 saturated carbocycles. The Morgan fingerprint density at radius 1 is 1.03 bits per heavy atom. The third-order valence-corrected chi connectivity index (χ3v) is 4.65. The summed E-state index contributed by atoms with van der Waals surface area (Å²) in [6, 6.07) is 11.5. The number of nitrogens with two attached hydrogens (primary N) is 1. The van der Waals surface area contributed by atoms with Gasteiger partial charge in [0, 0.05) is 28.9 Å². The van der Waals surface area contributed by atoms with E-state index < -0.39 is 5.91 Å². The van der Waals surface area contributed by atoms with Crippen molar-refractivity contribution in [3.05, 3.63) is 48.0 Å². The first-order valence-corrected chi connectivity index (χ1v) is 9.19. The molecule has 0 saturated heterocycles. The Labute approximate surface area is 168 Å². The number of amides is 3. The minimum absolute atomic E-state index is 0.0106. The zero-order valence-corrected chi connectivity index (χ0v) is 16.2. The zero-order valence-electron chi connectivity index (χ0n) is 16.2. The van der Waals surface area contributed by atoms with E-state index in [-0.39, 0.29) is 30.1 Å². The van der Waals surface area contributed by atoms with E-state index in [1.165, 1.54) is 7.11 Å².